The van der Waals surface area contributed by atoms with Gasteiger partial charge in [0.05, 0.1) is 0 Å². The molecule has 16 heavy (non-hydrogen) atoms. The van der Waals surface area contributed by atoms with Gasteiger partial charge in [0.1, 0.15) is 5.02 Å². The zero-order valence-corrected chi connectivity index (χ0v) is 9.14. The van der Waals surface area contributed by atoms with E-state index in [2.05, 4.69) is 9.72 Å². The Kier molecular flexibility index (Phi) is 3.98. The fraction of sp³-hybridized carbons (Fsp3) is 0.444. The summed E-state index contributed by atoms with van der Waals surface area (Å²) in [4.78, 5) is 3.67. The van der Waals surface area contributed by atoms with Crippen LogP contribution >= 0.6 is 11.6 Å². The first kappa shape index (κ1) is 13.1. The van der Waals surface area contributed by atoms with Crippen molar-refractivity contribution in [1.82, 2.24) is 4.98 Å². The standard InChI is InChI=1S/C9H10ClF3N2O/c1-5(9(11,12)13)16-8-7(10)2-6(3-14)4-15-8/h2,4-5H,3,14H2,1H3. The Hall–Kier alpha value is -1.01. The molecule has 0 saturated heterocycles. The van der Waals surface area contributed by atoms with Crippen LogP contribution in [-0.2, 0) is 6.54 Å². The fourth-order valence-electron chi connectivity index (χ4n) is 0.898. The van der Waals surface area contributed by atoms with Crippen molar-refractivity contribution in [1.29, 1.82) is 0 Å². The first-order valence-corrected chi connectivity index (χ1v) is 4.80. The number of aromatic nitrogens is 1. The van der Waals surface area contributed by atoms with Crippen molar-refractivity contribution >= 4 is 11.6 Å². The minimum atomic E-state index is -4.45. The van der Waals surface area contributed by atoms with E-state index < -0.39 is 12.3 Å². The summed E-state index contributed by atoms with van der Waals surface area (Å²) >= 11 is 5.69. The van der Waals surface area contributed by atoms with Crippen molar-refractivity contribution in [2.75, 3.05) is 0 Å². The minimum absolute atomic E-state index is 0.0130. The summed E-state index contributed by atoms with van der Waals surface area (Å²) < 4.78 is 41.2. The van der Waals surface area contributed by atoms with E-state index in [1.165, 1.54) is 12.3 Å². The van der Waals surface area contributed by atoms with Crippen molar-refractivity contribution in [3.8, 4) is 5.88 Å². The van der Waals surface area contributed by atoms with E-state index in [4.69, 9.17) is 17.3 Å². The largest absolute Gasteiger partial charge is 0.464 e. The molecule has 0 aliphatic rings. The highest BCUT2D eigenvalue weighted by Gasteiger charge is 2.38. The molecule has 2 N–H and O–H groups in total. The summed E-state index contributed by atoms with van der Waals surface area (Å²) in [6.45, 7) is 1.09. The van der Waals surface area contributed by atoms with Gasteiger partial charge in [-0.2, -0.15) is 13.2 Å². The number of nitrogens with two attached hydrogens (primary N) is 1. The molecule has 0 fully saturated rings. The maximum atomic E-state index is 12.2. The molecule has 0 aliphatic heterocycles. The SMILES string of the molecule is CC(Oc1ncc(CN)cc1Cl)C(F)(F)F. The predicted octanol–water partition coefficient (Wildman–Crippen LogP) is 2.52. The molecule has 1 atom stereocenters. The molecular formula is C9H10ClF3N2O. The van der Waals surface area contributed by atoms with Crippen LogP contribution in [0.5, 0.6) is 5.88 Å². The summed E-state index contributed by atoms with van der Waals surface area (Å²) in [5.41, 5.74) is 5.94. The molecule has 0 aromatic carbocycles. The maximum absolute atomic E-state index is 12.2. The first-order valence-electron chi connectivity index (χ1n) is 4.42. The van der Waals surface area contributed by atoms with E-state index in [1.807, 2.05) is 0 Å². The van der Waals surface area contributed by atoms with Gasteiger partial charge in [0, 0.05) is 12.7 Å². The number of pyridine rings is 1. The predicted molar refractivity (Wildman–Crippen MR) is 53.3 cm³/mol. The molecule has 7 heteroatoms. The molecule has 1 unspecified atom stereocenters. The monoisotopic (exact) mass is 254 g/mol. The third-order valence-electron chi connectivity index (χ3n) is 1.85. The number of halogens is 4. The molecule has 0 bridgehead atoms. The van der Waals surface area contributed by atoms with Gasteiger partial charge in [-0.15, -0.1) is 0 Å². The van der Waals surface area contributed by atoms with Gasteiger partial charge < -0.3 is 10.5 Å². The molecule has 1 aromatic rings. The Morgan fingerprint density at radius 1 is 1.56 bits per heavy atom. The number of nitrogens with zero attached hydrogens (tertiary/aromatic N) is 1. The van der Waals surface area contributed by atoms with E-state index in [9.17, 15) is 13.2 Å². The van der Waals surface area contributed by atoms with E-state index in [0.29, 0.717) is 5.56 Å². The summed E-state index contributed by atoms with van der Waals surface area (Å²) in [7, 11) is 0. The second-order valence-corrected chi connectivity index (χ2v) is 3.54. The van der Waals surface area contributed by atoms with Gasteiger partial charge in [-0.05, 0) is 18.6 Å². The summed E-state index contributed by atoms with van der Waals surface area (Å²) in [5.74, 6) is -0.247. The molecule has 0 aliphatic carbocycles. The quantitative estimate of drug-likeness (QED) is 0.902. The number of alkyl halides is 3. The highest BCUT2D eigenvalue weighted by molar-refractivity contribution is 6.31. The van der Waals surface area contributed by atoms with E-state index in [0.717, 1.165) is 6.92 Å². The highest BCUT2D eigenvalue weighted by atomic mass is 35.5. The third kappa shape index (κ3) is 3.24. The summed E-state index contributed by atoms with van der Waals surface area (Å²) in [5, 5.41) is 0.0130. The molecule has 1 heterocycles. The van der Waals surface area contributed by atoms with Gasteiger partial charge in [0.25, 0.3) is 0 Å². The van der Waals surface area contributed by atoms with Crippen LogP contribution in [0.25, 0.3) is 0 Å². The Morgan fingerprint density at radius 3 is 2.62 bits per heavy atom. The smallest absolute Gasteiger partial charge is 0.425 e. The van der Waals surface area contributed by atoms with Crippen molar-refractivity contribution in [2.24, 2.45) is 5.73 Å². The molecule has 1 aromatic heterocycles. The molecule has 0 saturated carbocycles. The molecule has 1 rings (SSSR count). The van der Waals surface area contributed by atoms with Gasteiger partial charge in [-0.1, -0.05) is 11.6 Å². The normalized spacial score (nSPS) is 13.6. The van der Waals surface area contributed by atoms with Crippen molar-refractivity contribution in [3.05, 3.63) is 22.8 Å². The first-order chi connectivity index (χ1) is 7.34. The van der Waals surface area contributed by atoms with Crippen molar-refractivity contribution in [3.63, 3.8) is 0 Å². The van der Waals surface area contributed by atoms with Crippen molar-refractivity contribution in [2.45, 2.75) is 25.7 Å². The van der Waals surface area contributed by atoms with Gasteiger partial charge in [0.15, 0.2) is 6.10 Å². The van der Waals surface area contributed by atoms with E-state index in [1.54, 1.807) is 0 Å². The Balaban J connectivity index is 2.82. The Bertz CT molecular complexity index is 370. The lowest BCUT2D eigenvalue weighted by molar-refractivity contribution is -0.189. The lowest BCUT2D eigenvalue weighted by atomic mass is 10.3. The van der Waals surface area contributed by atoms with Crippen LogP contribution in [0.2, 0.25) is 5.02 Å². The third-order valence-corrected chi connectivity index (χ3v) is 2.12. The van der Waals surface area contributed by atoms with Crippen LogP contribution in [0.1, 0.15) is 12.5 Å². The van der Waals surface area contributed by atoms with Crippen LogP contribution in [0.3, 0.4) is 0 Å². The van der Waals surface area contributed by atoms with Crippen LogP contribution in [-0.4, -0.2) is 17.3 Å². The van der Waals surface area contributed by atoms with Crippen LogP contribution in [0, 0.1) is 0 Å². The number of hydrogen-bond acceptors (Lipinski definition) is 3. The van der Waals surface area contributed by atoms with E-state index >= 15 is 0 Å². The molecule has 3 nitrogen and oxygen atoms in total. The van der Waals surface area contributed by atoms with Gasteiger partial charge in [-0.25, -0.2) is 4.98 Å². The Labute approximate surface area is 95.4 Å². The topological polar surface area (TPSA) is 48.1 Å². The molecule has 0 amide bonds. The molecule has 90 valence electrons. The summed E-state index contributed by atoms with van der Waals surface area (Å²) in [6.07, 6.45) is -5.08. The van der Waals surface area contributed by atoms with Gasteiger partial charge in [-0.3, -0.25) is 0 Å². The van der Waals surface area contributed by atoms with Crippen molar-refractivity contribution < 1.29 is 17.9 Å². The lowest BCUT2D eigenvalue weighted by Crippen LogP contribution is -2.31. The number of hydrogen-bond donors (Lipinski definition) is 1. The number of rotatable bonds is 3. The molecule has 0 spiro atoms. The van der Waals surface area contributed by atoms with Gasteiger partial charge >= 0.3 is 6.18 Å². The zero-order chi connectivity index (χ0) is 12.3. The van der Waals surface area contributed by atoms with Crippen LogP contribution in [0.4, 0.5) is 13.2 Å². The maximum Gasteiger partial charge on any atom is 0.425 e. The second-order valence-electron chi connectivity index (χ2n) is 3.14. The van der Waals surface area contributed by atoms with Gasteiger partial charge in [0.2, 0.25) is 5.88 Å². The minimum Gasteiger partial charge on any atom is -0.464 e. The number of ether oxygens (including phenoxy) is 1. The van der Waals surface area contributed by atoms with Crippen LogP contribution < -0.4 is 10.5 Å². The van der Waals surface area contributed by atoms with E-state index in [-0.39, 0.29) is 17.4 Å². The lowest BCUT2D eigenvalue weighted by Gasteiger charge is -2.17. The average Bonchev–Trinajstić information content (AvgIpc) is 2.19. The zero-order valence-electron chi connectivity index (χ0n) is 8.38. The molecule has 0 radical (unpaired) electrons. The fourth-order valence-corrected chi connectivity index (χ4v) is 1.13. The second kappa shape index (κ2) is 4.88. The average molecular weight is 255 g/mol. The Morgan fingerprint density at radius 2 is 2.19 bits per heavy atom. The highest BCUT2D eigenvalue weighted by Crippen LogP contribution is 2.28. The summed E-state index contributed by atoms with van der Waals surface area (Å²) in [6, 6.07) is 1.42. The van der Waals surface area contributed by atoms with Crippen LogP contribution in [0.15, 0.2) is 12.3 Å². The molecular weight excluding hydrogens is 245 g/mol.